The highest BCUT2D eigenvalue weighted by molar-refractivity contribution is 7.41. The van der Waals surface area contributed by atoms with Gasteiger partial charge in [0, 0.05) is 0 Å². The van der Waals surface area contributed by atoms with Gasteiger partial charge in [0.25, 0.3) is 0 Å². The molecular formula is C23H41O3P. The van der Waals surface area contributed by atoms with Crippen molar-refractivity contribution < 1.29 is 13.9 Å². The van der Waals surface area contributed by atoms with Crippen LogP contribution in [0.25, 0.3) is 0 Å². The fraction of sp³-hybridized carbons (Fsp3) is 0.739. The summed E-state index contributed by atoms with van der Waals surface area (Å²) in [5.41, 5.74) is 1.34. The van der Waals surface area contributed by atoms with E-state index in [1.54, 1.807) is 0 Å². The second-order valence-corrected chi connectivity index (χ2v) is 8.47. The summed E-state index contributed by atoms with van der Waals surface area (Å²) in [6.45, 7) is 7.21. The minimum atomic E-state index is -1.84. The van der Waals surface area contributed by atoms with Gasteiger partial charge in [-0.3, -0.25) is 0 Å². The molecule has 1 aromatic carbocycles. The molecule has 1 aromatic rings. The molecule has 4 heteroatoms. The van der Waals surface area contributed by atoms with Crippen LogP contribution in [0, 0.1) is 5.92 Å². The summed E-state index contributed by atoms with van der Waals surface area (Å²) >= 11 is 0. The summed E-state index contributed by atoms with van der Waals surface area (Å²) in [5, 5.41) is 0. The molecule has 0 heterocycles. The standard InChI is InChI=1S/C23H41O3P/c1-4-7-9-10-11-12-13-15-22-16-18-23(19-17-22)26-27(24)25-20-21(6-3)14-8-5-2/h16-19,21,24H,4-15,20H2,1-3H3. The van der Waals surface area contributed by atoms with Crippen molar-refractivity contribution in [1.82, 2.24) is 0 Å². The lowest BCUT2D eigenvalue weighted by molar-refractivity contribution is 0.204. The molecule has 0 fully saturated rings. The second kappa shape index (κ2) is 16.3. The van der Waals surface area contributed by atoms with Crippen LogP contribution < -0.4 is 4.52 Å². The summed E-state index contributed by atoms with van der Waals surface area (Å²) in [6.07, 6.45) is 15.1. The van der Waals surface area contributed by atoms with E-state index in [4.69, 9.17) is 9.05 Å². The van der Waals surface area contributed by atoms with Crippen LogP contribution in [-0.2, 0) is 10.9 Å². The Morgan fingerprint density at radius 1 is 0.852 bits per heavy atom. The third-order valence-corrected chi connectivity index (χ3v) is 5.88. The van der Waals surface area contributed by atoms with Crippen molar-refractivity contribution in [3.8, 4) is 5.75 Å². The molecular weight excluding hydrogens is 355 g/mol. The van der Waals surface area contributed by atoms with Gasteiger partial charge < -0.3 is 13.9 Å². The third-order valence-electron chi connectivity index (χ3n) is 5.14. The highest BCUT2D eigenvalue weighted by Gasteiger charge is 2.13. The van der Waals surface area contributed by atoms with Gasteiger partial charge in [-0.25, -0.2) is 0 Å². The molecule has 0 saturated heterocycles. The van der Waals surface area contributed by atoms with Crippen molar-refractivity contribution >= 4 is 8.60 Å². The van der Waals surface area contributed by atoms with Crippen molar-refractivity contribution in [2.75, 3.05) is 6.61 Å². The monoisotopic (exact) mass is 396 g/mol. The summed E-state index contributed by atoms with van der Waals surface area (Å²) in [7, 11) is -1.84. The van der Waals surface area contributed by atoms with Crippen LogP contribution in [0.4, 0.5) is 0 Å². The van der Waals surface area contributed by atoms with Gasteiger partial charge in [0.15, 0.2) is 0 Å². The molecule has 0 aromatic heterocycles. The maximum atomic E-state index is 10.0. The zero-order valence-electron chi connectivity index (χ0n) is 17.8. The number of benzene rings is 1. The minimum Gasteiger partial charge on any atom is -0.427 e. The molecule has 0 amide bonds. The molecule has 27 heavy (non-hydrogen) atoms. The first-order valence-corrected chi connectivity index (χ1v) is 12.2. The largest absolute Gasteiger partial charge is 0.427 e. The zero-order valence-corrected chi connectivity index (χ0v) is 18.7. The molecule has 1 N–H and O–H groups in total. The Morgan fingerprint density at radius 3 is 2.11 bits per heavy atom. The van der Waals surface area contributed by atoms with Crippen LogP contribution in [0.2, 0.25) is 0 Å². The molecule has 0 aliphatic carbocycles. The number of rotatable bonds is 17. The van der Waals surface area contributed by atoms with Gasteiger partial charge in [0.1, 0.15) is 5.75 Å². The summed E-state index contributed by atoms with van der Waals surface area (Å²) in [6, 6.07) is 8.09. The van der Waals surface area contributed by atoms with E-state index in [-0.39, 0.29) is 0 Å². The molecule has 2 unspecified atom stereocenters. The zero-order chi connectivity index (χ0) is 19.7. The Bertz CT molecular complexity index is 449. The van der Waals surface area contributed by atoms with Crippen molar-refractivity contribution in [3.05, 3.63) is 29.8 Å². The molecule has 0 radical (unpaired) electrons. The van der Waals surface area contributed by atoms with Gasteiger partial charge in [-0.05, 0) is 42.9 Å². The molecule has 2 atom stereocenters. The van der Waals surface area contributed by atoms with Crippen molar-refractivity contribution in [3.63, 3.8) is 0 Å². The van der Waals surface area contributed by atoms with E-state index in [9.17, 15) is 4.89 Å². The van der Waals surface area contributed by atoms with Crippen LogP contribution in [0.3, 0.4) is 0 Å². The van der Waals surface area contributed by atoms with Crippen LogP contribution in [0.5, 0.6) is 5.75 Å². The predicted octanol–water partition coefficient (Wildman–Crippen LogP) is 7.81. The van der Waals surface area contributed by atoms with Gasteiger partial charge in [-0.15, -0.1) is 0 Å². The first kappa shape index (κ1) is 24.4. The molecule has 0 bridgehead atoms. The highest BCUT2D eigenvalue weighted by Crippen LogP contribution is 2.36. The van der Waals surface area contributed by atoms with E-state index < -0.39 is 8.60 Å². The Hall–Kier alpha value is -0.630. The normalized spacial score (nSPS) is 13.5. The van der Waals surface area contributed by atoms with E-state index in [1.165, 1.54) is 63.4 Å². The summed E-state index contributed by atoms with van der Waals surface area (Å²) in [4.78, 5) is 10.0. The molecule has 156 valence electrons. The average Bonchev–Trinajstić information content (AvgIpc) is 2.68. The molecule has 0 aliphatic heterocycles. The second-order valence-electron chi connectivity index (χ2n) is 7.56. The van der Waals surface area contributed by atoms with E-state index in [2.05, 4.69) is 32.9 Å². The first-order valence-electron chi connectivity index (χ1n) is 11.1. The molecule has 3 nitrogen and oxygen atoms in total. The third kappa shape index (κ3) is 12.4. The Morgan fingerprint density at radius 2 is 1.48 bits per heavy atom. The van der Waals surface area contributed by atoms with E-state index in [0.717, 1.165) is 19.3 Å². The SMILES string of the molecule is CCCCCCCCCc1ccc(OP(O)OCC(CC)CCCC)cc1. The maximum Gasteiger partial charge on any atom is 0.394 e. The Kier molecular flexibility index (Phi) is 14.8. The van der Waals surface area contributed by atoms with Gasteiger partial charge in [0.2, 0.25) is 0 Å². The molecule has 0 spiro atoms. The van der Waals surface area contributed by atoms with Gasteiger partial charge in [-0.2, -0.15) is 0 Å². The topological polar surface area (TPSA) is 38.7 Å². The number of hydrogen-bond acceptors (Lipinski definition) is 3. The maximum absolute atomic E-state index is 10.0. The van der Waals surface area contributed by atoms with Crippen LogP contribution in [0.1, 0.15) is 97.0 Å². The lowest BCUT2D eigenvalue weighted by atomic mass is 10.0. The lowest BCUT2D eigenvalue weighted by Crippen LogP contribution is -2.07. The van der Waals surface area contributed by atoms with Crippen LogP contribution in [-0.4, -0.2) is 11.5 Å². The van der Waals surface area contributed by atoms with Gasteiger partial charge >= 0.3 is 8.60 Å². The predicted molar refractivity (Wildman–Crippen MR) is 117 cm³/mol. The van der Waals surface area contributed by atoms with Crippen LogP contribution in [0.15, 0.2) is 24.3 Å². The molecule has 1 rings (SSSR count). The summed E-state index contributed by atoms with van der Waals surface area (Å²) < 4.78 is 11.1. The fourth-order valence-electron chi connectivity index (χ4n) is 3.19. The molecule has 0 saturated carbocycles. The average molecular weight is 397 g/mol. The number of unbranched alkanes of at least 4 members (excludes halogenated alkanes) is 7. The Balaban J connectivity index is 2.21. The number of aryl methyl sites for hydroxylation is 1. The van der Waals surface area contributed by atoms with Gasteiger partial charge in [-0.1, -0.05) is 90.7 Å². The number of hydrogen-bond donors (Lipinski definition) is 1. The fourth-order valence-corrected chi connectivity index (χ4v) is 3.88. The van der Waals surface area contributed by atoms with E-state index in [1.807, 2.05) is 12.1 Å². The van der Waals surface area contributed by atoms with Crippen molar-refractivity contribution in [1.29, 1.82) is 0 Å². The Labute approximate surface area is 168 Å². The van der Waals surface area contributed by atoms with Crippen LogP contribution >= 0.6 is 8.60 Å². The van der Waals surface area contributed by atoms with Gasteiger partial charge in [0.05, 0.1) is 6.61 Å². The first-order chi connectivity index (χ1) is 13.2. The van der Waals surface area contributed by atoms with Crippen molar-refractivity contribution in [2.24, 2.45) is 5.92 Å². The smallest absolute Gasteiger partial charge is 0.394 e. The lowest BCUT2D eigenvalue weighted by Gasteiger charge is -2.17. The van der Waals surface area contributed by atoms with E-state index in [0.29, 0.717) is 18.3 Å². The summed E-state index contributed by atoms with van der Waals surface area (Å²) in [5.74, 6) is 1.20. The van der Waals surface area contributed by atoms with Crippen molar-refractivity contribution in [2.45, 2.75) is 97.8 Å². The minimum absolute atomic E-state index is 0.509. The quantitative estimate of drug-likeness (QED) is 0.215. The van der Waals surface area contributed by atoms with E-state index >= 15 is 0 Å². The molecule has 0 aliphatic rings. The highest BCUT2D eigenvalue weighted by atomic mass is 31.2.